The van der Waals surface area contributed by atoms with Crippen molar-refractivity contribution in [2.45, 2.75) is 26.2 Å². The summed E-state index contributed by atoms with van der Waals surface area (Å²) in [5.41, 5.74) is 1.06. The van der Waals surface area contributed by atoms with Crippen LogP contribution in [0.5, 0.6) is 0 Å². The molecule has 0 bridgehead atoms. The molecule has 0 aromatic rings. The molecule has 0 aliphatic carbocycles. The van der Waals surface area contributed by atoms with Crippen LogP contribution in [0.15, 0.2) is 17.1 Å². The molecule has 1 aliphatic rings. The average molecular weight is 394 g/mol. The highest BCUT2D eigenvalue weighted by atomic mass is 127. The lowest BCUT2D eigenvalue weighted by atomic mass is 10.1. The molecule has 1 amide bonds. The van der Waals surface area contributed by atoms with Gasteiger partial charge in [-0.25, -0.2) is 4.99 Å². The lowest BCUT2D eigenvalue weighted by Crippen LogP contribution is -2.45. The standard InChI is InChI=1S/C14H26N4O.HI/c1-12(2)10-15-14(16-11-13(19)17(3)4)18-8-6-5-7-9-18;/h1,5-11H2,2-4H3,(H,15,16);1H. The summed E-state index contributed by atoms with van der Waals surface area (Å²) >= 11 is 0. The van der Waals surface area contributed by atoms with E-state index >= 15 is 0 Å². The number of nitrogens with zero attached hydrogens (tertiary/aromatic N) is 3. The normalized spacial score (nSPS) is 15.3. The van der Waals surface area contributed by atoms with Crippen molar-refractivity contribution in [2.75, 3.05) is 40.3 Å². The zero-order valence-corrected chi connectivity index (χ0v) is 15.1. The summed E-state index contributed by atoms with van der Waals surface area (Å²) in [4.78, 5) is 19.9. The van der Waals surface area contributed by atoms with E-state index in [9.17, 15) is 4.79 Å². The van der Waals surface area contributed by atoms with Crippen LogP contribution in [0.3, 0.4) is 0 Å². The number of carbonyl (C=O) groups excluding carboxylic acids is 1. The monoisotopic (exact) mass is 394 g/mol. The third-order valence-electron chi connectivity index (χ3n) is 3.07. The Morgan fingerprint density at radius 1 is 1.30 bits per heavy atom. The van der Waals surface area contributed by atoms with Crippen LogP contribution in [0.2, 0.25) is 0 Å². The van der Waals surface area contributed by atoms with Gasteiger partial charge in [0.15, 0.2) is 5.96 Å². The van der Waals surface area contributed by atoms with Crippen LogP contribution in [0.4, 0.5) is 0 Å². The summed E-state index contributed by atoms with van der Waals surface area (Å²) in [5.74, 6) is 0.851. The summed E-state index contributed by atoms with van der Waals surface area (Å²) in [6, 6.07) is 0. The van der Waals surface area contributed by atoms with Gasteiger partial charge in [0.25, 0.3) is 0 Å². The first-order chi connectivity index (χ1) is 9.00. The fourth-order valence-electron chi connectivity index (χ4n) is 1.89. The van der Waals surface area contributed by atoms with Gasteiger partial charge in [-0.3, -0.25) is 4.79 Å². The molecule has 1 N–H and O–H groups in total. The van der Waals surface area contributed by atoms with Crippen molar-refractivity contribution in [1.29, 1.82) is 0 Å². The van der Waals surface area contributed by atoms with Gasteiger partial charge in [-0.15, -0.1) is 24.0 Å². The van der Waals surface area contributed by atoms with Crippen LogP contribution in [0.1, 0.15) is 26.2 Å². The second-order valence-corrected chi connectivity index (χ2v) is 5.29. The number of rotatable bonds is 4. The molecule has 0 unspecified atom stereocenters. The van der Waals surface area contributed by atoms with Crippen molar-refractivity contribution in [2.24, 2.45) is 4.99 Å². The summed E-state index contributed by atoms with van der Waals surface area (Å²) in [6.07, 6.45) is 3.66. The molecule has 6 heteroatoms. The fraction of sp³-hybridized carbons (Fsp3) is 0.714. The Bertz CT molecular complexity index is 349. The molecular weight excluding hydrogens is 367 g/mol. The Morgan fingerprint density at radius 3 is 2.40 bits per heavy atom. The van der Waals surface area contributed by atoms with E-state index in [-0.39, 0.29) is 36.4 Å². The molecular formula is C14H27IN4O. The summed E-state index contributed by atoms with van der Waals surface area (Å²) in [7, 11) is 3.50. The fourth-order valence-corrected chi connectivity index (χ4v) is 1.89. The summed E-state index contributed by atoms with van der Waals surface area (Å²) < 4.78 is 0. The van der Waals surface area contributed by atoms with Gasteiger partial charge >= 0.3 is 0 Å². The van der Waals surface area contributed by atoms with Gasteiger partial charge in [0.05, 0.1) is 0 Å². The molecule has 1 heterocycles. The van der Waals surface area contributed by atoms with Crippen LogP contribution in [0.25, 0.3) is 0 Å². The third-order valence-corrected chi connectivity index (χ3v) is 3.07. The second-order valence-electron chi connectivity index (χ2n) is 5.29. The van der Waals surface area contributed by atoms with Gasteiger partial charge < -0.3 is 15.1 Å². The first-order valence-corrected chi connectivity index (χ1v) is 6.88. The number of hydrogen-bond acceptors (Lipinski definition) is 2. The number of carbonyl (C=O) groups is 1. The van der Waals surface area contributed by atoms with Crippen LogP contribution in [-0.4, -0.2) is 61.9 Å². The van der Waals surface area contributed by atoms with Crippen molar-refractivity contribution in [3.8, 4) is 0 Å². The lowest BCUT2D eigenvalue weighted by Gasteiger charge is -2.30. The Morgan fingerprint density at radius 2 is 1.90 bits per heavy atom. The highest BCUT2D eigenvalue weighted by Crippen LogP contribution is 2.08. The van der Waals surface area contributed by atoms with Crippen molar-refractivity contribution < 1.29 is 4.79 Å². The maximum Gasteiger partial charge on any atom is 0.243 e. The number of amides is 1. The highest BCUT2D eigenvalue weighted by molar-refractivity contribution is 14.0. The molecule has 116 valence electrons. The number of likely N-dealkylation sites (tertiary alicyclic amines) is 1. The minimum absolute atomic E-state index is 0. The Hall–Kier alpha value is -0.790. The molecule has 0 aromatic heterocycles. The largest absolute Gasteiger partial charge is 0.353 e. The topological polar surface area (TPSA) is 47.9 Å². The minimum atomic E-state index is 0. The van der Waals surface area contributed by atoms with E-state index in [1.165, 1.54) is 19.3 Å². The number of halogens is 1. The van der Waals surface area contributed by atoms with Crippen molar-refractivity contribution in [3.63, 3.8) is 0 Å². The number of nitrogens with one attached hydrogen (secondary N) is 1. The SMILES string of the molecule is C=C(C)CNC(=NCC(=O)N(C)C)N1CCCCC1.I. The molecule has 0 radical (unpaired) electrons. The quantitative estimate of drug-likeness (QED) is 0.342. The van der Waals surface area contributed by atoms with Gasteiger partial charge in [0, 0.05) is 33.7 Å². The molecule has 0 saturated carbocycles. The van der Waals surface area contributed by atoms with Gasteiger partial charge in [0.2, 0.25) is 5.91 Å². The second kappa shape index (κ2) is 10.0. The van der Waals surface area contributed by atoms with Crippen LogP contribution in [0, 0.1) is 0 Å². The predicted octanol–water partition coefficient (Wildman–Crippen LogP) is 1.70. The van der Waals surface area contributed by atoms with E-state index in [0.29, 0.717) is 6.54 Å². The lowest BCUT2D eigenvalue weighted by molar-refractivity contribution is -0.127. The van der Waals surface area contributed by atoms with Crippen molar-refractivity contribution in [3.05, 3.63) is 12.2 Å². The Kier molecular flexibility index (Phi) is 9.62. The molecule has 0 spiro atoms. The number of guanidine groups is 1. The number of likely N-dealkylation sites (N-methyl/N-ethyl adjacent to an activating group) is 1. The minimum Gasteiger partial charge on any atom is -0.353 e. The van der Waals surface area contributed by atoms with Crippen molar-refractivity contribution in [1.82, 2.24) is 15.1 Å². The molecule has 0 atom stereocenters. The van der Waals surface area contributed by atoms with Crippen LogP contribution in [-0.2, 0) is 4.79 Å². The Labute approximate surface area is 139 Å². The maximum absolute atomic E-state index is 11.6. The number of hydrogen-bond donors (Lipinski definition) is 1. The van der Waals surface area contributed by atoms with E-state index in [1.54, 1.807) is 19.0 Å². The third kappa shape index (κ3) is 7.12. The zero-order chi connectivity index (χ0) is 14.3. The molecule has 5 nitrogen and oxygen atoms in total. The van der Waals surface area contributed by atoms with E-state index < -0.39 is 0 Å². The van der Waals surface area contributed by atoms with Gasteiger partial charge in [0.1, 0.15) is 6.54 Å². The van der Waals surface area contributed by atoms with E-state index in [2.05, 4.69) is 21.8 Å². The van der Waals surface area contributed by atoms with E-state index in [4.69, 9.17) is 0 Å². The molecule has 20 heavy (non-hydrogen) atoms. The molecule has 0 aromatic carbocycles. The smallest absolute Gasteiger partial charge is 0.243 e. The predicted molar refractivity (Wildman–Crippen MR) is 94.7 cm³/mol. The van der Waals surface area contributed by atoms with Crippen LogP contribution >= 0.6 is 24.0 Å². The first-order valence-electron chi connectivity index (χ1n) is 6.88. The van der Waals surface area contributed by atoms with Crippen LogP contribution < -0.4 is 5.32 Å². The molecule has 1 fully saturated rings. The van der Waals surface area contributed by atoms with Gasteiger partial charge in [-0.1, -0.05) is 12.2 Å². The molecule has 1 rings (SSSR count). The number of piperidine rings is 1. The zero-order valence-electron chi connectivity index (χ0n) is 12.8. The summed E-state index contributed by atoms with van der Waals surface area (Å²) in [6.45, 7) is 8.78. The highest BCUT2D eigenvalue weighted by Gasteiger charge is 2.15. The van der Waals surface area contributed by atoms with Gasteiger partial charge in [-0.05, 0) is 26.2 Å². The van der Waals surface area contributed by atoms with Crippen molar-refractivity contribution >= 4 is 35.8 Å². The molecule has 1 saturated heterocycles. The first kappa shape index (κ1) is 19.2. The maximum atomic E-state index is 11.6. The number of aliphatic imine (C=N–C) groups is 1. The van der Waals surface area contributed by atoms with E-state index in [1.807, 2.05) is 6.92 Å². The molecule has 1 aliphatic heterocycles. The average Bonchev–Trinajstić information content (AvgIpc) is 2.39. The van der Waals surface area contributed by atoms with Gasteiger partial charge in [-0.2, -0.15) is 0 Å². The Balaban J connectivity index is 0.00000361. The van der Waals surface area contributed by atoms with E-state index in [0.717, 1.165) is 24.6 Å². The summed E-state index contributed by atoms with van der Waals surface area (Å²) in [5, 5.41) is 3.29.